The summed E-state index contributed by atoms with van der Waals surface area (Å²) < 4.78 is 5.55. The molecule has 2 aromatic rings. The molecule has 0 aliphatic heterocycles. The van der Waals surface area contributed by atoms with Crippen molar-refractivity contribution in [3.05, 3.63) is 67.3 Å². The van der Waals surface area contributed by atoms with Crippen LogP contribution in [0.2, 0.25) is 0 Å². The molecule has 0 spiro atoms. The minimum atomic E-state index is -0.648. The maximum Gasteiger partial charge on any atom is 0.154 e. The topological polar surface area (TPSA) is 53.5 Å². The first-order valence-corrected chi connectivity index (χ1v) is 7.29. The average molecular weight is 298 g/mol. The van der Waals surface area contributed by atoms with Crippen LogP contribution in [0, 0.1) is 0 Å². The maximum absolute atomic E-state index is 9.84. The van der Waals surface area contributed by atoms with Crippen molar-refractivity contribution in [1.29, 1.82) is 0 Å². The fourth-order valence-electron chi connectivity index (χ4n) is 2.02. The zero-order chi connectivity index (χ0) is 15.8. The van der Waals surface area contributed by atoms with E-state index in [0.717, 1.165) is 17.1 Å². The molecule has 0 fully saturated rings. The SMILES string of the molecule is C=CCOC(Nc1ccccc1Nc1ccccc1)C(C)O. The molecule has 0 aliphatic rings. The Morgan fingerprint density at radius 1 is 1.09 bits per heavy atom. The van der Waals surface area contributed by atoms with E-state index in [9.17, 15) is 5.11 Å². The molecular weight excluding hydrogens is 276 g/mol. The van der Waals surface area contributed by atoms with Crippen molar-refractivity contribution in [3.63, 3.8) is 0 Å². The first kappa shape index (κ1) is 16.1. The van der Waals surface area contributed by atoms with Crippen LogP contribution < -0.4 is 10.6 Å². The third-order valence-corrected chi connectivity index (χ3v) is 3.11. The molecule has 0 saturated heterocycles. The molecule has 0 heterocycles. The average Bonchev–Trinajstić information content (AvgIpc) is 2.53. The van der Waals surface area contributed by atoms with Gasteiger partial charge in [0, 0.05) is 5.69 Å². The molecule has 0 radical (unpaired) electrons. The zero-order valence-electron chi connectivity index (χ0n) is 12.7. The number of aliphatic hydroxyl groups excluding tert-OH is 1. The summed E-state index contributed by atoms with van der Waals surface area (Å²) in [6.07, 6.45) is 0.506. The van der Waals surface area contributed by atoms with Crippen molar-refractivity contribution in [3.8, 4) is 0 Å². The van der Waals surface area contributed by atoms with Gasteiger partial charge in [-0.2, -0.15) is 0 Å². The molecule has 0 saturated carbocycles. The van der Waals surface area contributed by atoms with Gasteiger partial charge in [-0.3, -0.25) is 0 Å². The lowest BCUT2D eigenvalue weighted by molar-refractivity contribution is -0.000224. The second-order valence-corrected chi connectivity index (χ2v) is 4.96. The standard InChI is InChI=1S/C18H22N2O2/c1-3-13-22-18(14(2)21)20-17-12-8-7-11-16(17)19-15-9-5-4-6-10-15/h3-12,14,18-21H,1,13H2,2H3. The monoisotopic (exact) mass is 298 g/mol. The van der Waals surface area contributed by atoms with Gasteiger partial charge >= 0.3 is 0 Å². The summed E-state index contributed by atoms with van der Waals surface area (Å²) in [5.74, 6) is 0. The molecule has 2 rings (SSSR count). The predicted molar refractivity (Wildman–Crippen MR) is 91.4 cm³/mol. The molecule has 4 heteroatoms. The van der Waals surface area contributed by atoms with E-state index in [2.05, 4.69) is 17.2 Å². The number of nitrogens with one attached hydrogen (secondary N) is 2. The third-order valence-electron chi connectivity index (χ3n) is 3.11. The van der Waals surface area contributed by atoms with E-state index >= 15 is 0 Å². The molecule has 0 aliphatic carbocycles. The van der Waals surface area contributed by atoms with E-state index in [4.69, 9.17) is 4.74 Å². The Labute approximate surface area is 131 Å². The van der Waals surface area contributed by atoms with Gasteiger partial charge in [0.15, 0.2) is 6.23 Å². The van der Waals surface area contributed by atoms with Gasteiger partial charge in [0.2, 0.25) is 0 Å². The molecule has 22 heavy (non-hydrogen) atoms. The number of rotatable bonds is 8. The molecule has 3 N–H and O–H groups in total. The highest BCUT2D eigenvalue weighted by Crippen LogP contribution is 2.26. The summed E-state index contributed by atoms with van der Waals surface area (Å²) in [5, 5.41) is 16.4. The summed E-state index contributed by atoms with van der Waals surface area (Å²) in [7, 11) is 0. The van der Waals surface area contributed by atoms with Gasteiger partial charge in [-0.15, -0.1) is 6.58 Å². The van der Waals surface area contributed by atoms with E-state index in [1.807, 2.05) is 54.6 Å². The smallest absolute Gasteiger partial charge is 0.154 e. The van der Waals surface area contributed by atoms with Crippen LogP contribution in [-0.2, 0) is 4.74 Å². The van der Waals surface area contributed by atoms with Crippen molar-refractivity contribution < 1.29 is 9.84 Å². The fourth-order valence-corrected chi connectivity index (χ4v) is 2.02. The van der Waals surface area contributed by atoms with Crippen molar-refractivity contribution in [1.82, 2.24) is 0 Å². The normalized spacial score (nSPS) is 13.2. The lowest BCUT2D eigenvalue weighted by atomic mass is 10.2. The Morgan fingerprint density at radius 2 is 1.73 bits per heavy atom. The van der Waals surface area contributed by atoms with Gasteiger partial charge < -0.3 is 20.5 Å². The molecule has 2 unspecified atom stereocenters. The number of hydrogen-bond donors (Lipinski definition) is 3. The molecule has 2 atom stereocenters. The first-order chi connectivity index (χ1) is 10.7. The second kappa shape index (κ2) is 8.22. The highest BCUT2D eigenvalue weighted by molar-refractivity contribution is 5.74. The van der Waals surface area contributed by atoms with Crippen LogP contribution in [0.4, 0.5) is 17.1 Å². The maximum atomic E-state index is 9.84. The van der Waals surface area contributed by atoms with Crippen LogP contribution in [0.25, 0.3) is 0 Å². The molecule has 0 bridgehead atoms. The van der Waals surface area contributed by atoms with Gasteiger partial charge in [0.1, 0.15) is 0 Å². The lowest BCUT2D eigenvalue weighted by Gasteiger charge is -2.24. The minimum absolute atomic E-state index is 0.372. The van der Waals surface area contributed by atoms with Crippen molar-refractivity contribution in [2.75, 3.05) is 17.2 Å². The lowest BCUT2D eigenvalue weighted by Crippen LogP contribution is -2.34. The fraction of sp³-hybridized carbons (Fsp3) is 0.222. The first-order valence-electron chi connectivity index (χ1n) is 7.29. The Kier molecular flexibility index (Phi) is 6.01. The number of aliphatic hydroxyl groups is 1. The molecule has 0 amide bonds. The molecule has 116 valence electrons. The van der Waals surface area contributed by atoms with Crippen LogP contribution in [0.1, 0.15) is 6.92 Å². The predicted octanol–water partition coefficient (Wildman–Crippen LogP) is 3.75. The molecule has 4 nitrogen and oxygen atoms in total. The van der Waals surface area contributed by atoms with E-state index in [1.165, 1.54) is 0 Å². The van der Waals surface area contributed by atoms with E-state index in [-0.39, 0.29) is 0 Å². The van der Waals surface area contributed by atoms with E-state index in [1.54, 1.807) is 13.0 Å². The van der Waals surface area contributed by atoms with Crippen molar-refractivity contribution in [2.45, 2.75) is 19.3 Å². The summed E-state index contributed by atoms with van der Waals surface area (Å²) in [6, 6.07) is 17.7. The summed E-state index contributed by atoms with van der Waals surface area (Å²) in [4.78, 5) is 0. The summed E-state index contributed by atoms with van der Waals surface area (Å²) in [6.45, 7) is 5.69. The Bertz CT molecular complexity index is 585. The zero-order valence-corrected chi connectivity index (χ0v) is 12.7. The number of anilines is 3. The Balaban J connectivity index is 2.14. The Morgan fingerprint density at radius 3 is 2.36 bits per heavy atom. The summed E-state index contributed by atoms with van der Waals surface area (Å²) >= 11 is 0. The third kappa shape index (κ3) is 4.62. The van der Waals surface area contributed by atoms with Gasteiger partial charge in [-0.05, 0) is 31.2 Å². The number of para-hydroxylation sites is 3. The van der Waals surface area contributed by atoms with Gasteiger partial charge in [0.05, 0.1) is 24.1 Å². The van der Waals surface area contributed by atoms with E-state index < -0.39 is 12.3 Å². The highest BCUT2D eigenvalue weighted by Gasteiger charge is 2.16. The van der Waals surface area contributed by atoms with Crippen LogP contribution in [0.15, 0.2) is 67.3 Å². The van der Waals surface area contributed by atoms with Gasteiger partial charge in [-0.1, -0.05) is 36.4 Å². The Hall–Kier alpha value is -2.30. The van der Waals surface area contributed by atoms with Crippen molar-refractivity contribution in [2.24, 2.45) is 0 Å². The van der Waals surface area contributed by atoms with Gasteiger partial charge in [0.25, 0.3) is 0 Å². The molecular formula is C18H22N2O2. The van der Waals surface area contributed by atoms with Crippen LogP contribution in [0.5, 0.6) is 0 Å². The summed E-state index contributed by atoms with van der Waals surface area (Å²) in [5.41, 5.74) is 2.78. The van der Waals surface area contributed by atoms with E-state index in [0.29, 0.717) is 6.61 Å². The molecule has 2 aromatic carbocycles. The quantitative estimate of drug-likeness (QED) is 0.513. The van der Waals surface area contributed by atoms with Crippen LogP contribution in [-0.4, -0.2) is 24.0 Å². The highest BCUT2D eigenvalue weighted by atomic mass is 16.5. The largest absolute Gasteiger partial charge is 0.389 e. The molecule has 0 aromatic heterocycles. The number of hydrogen-bond acceptors (Lipinski definition) is 4. The van der Waals surface area contributed by atoms with Crippen LogP contribution >= 0.6 is 0 Å². The number of benzene rings is 2. The number of ether oxygens (including phenoxy) is 1. The van der Waals surface area contributed by atoms with Gasteiger partial charge in [-0.25, -0.2) is 0 Å². The second-order valence-electron chi connectivity index (χ2n) is 4.96. The minimum Gasteiger partial charge on any atom is -0.389 e. The van der Waals surface area contributed by atoms with Crippen LogP contribution in [0.3, 0.4) is 0 Å². The van der Waals surface area contributed by atoms with Crippen molar-refractivity contribution >= 4 is 17.1 Å².